The normalized spacial score (nSPS) is 14.4. The third-order valence-electron chi connectivity index (χ3n) is 3.61. The van der Waals surface area contributed by atoms with Crippen molar-refractivity contribution < 1.29 is 19.4 Å². The molecule has 7 heteroatoms. The van der Waals surface area contributed by atoms with Gasteiger partial charge in [-0.1, -0.05) is 13.8 Å². The minimum absolute atomic E-state index is 0.00641. The summed E-state index contributed by atoms with van der Waals surface area (Å²) in [6, 6.07) is 0. The summed E-state index contributed by atoms with van der Waals surface area (Å²) in [7, 11) is 0. The predicted octanol–water partition coefficient (Wildman–Crippen LogP) is 3.25. The summed E-state index contributed by atoms with van der Waals surface area (Å²) in [6.07, 6.45) is -0.340. The first-order valence-corrected chi connectivity index (χ1v) is 8.45. The van der Waals surface area contributed by atoms with Crippen LogP contribution in [-0.4, -0.2) is 34.3 Å². The SMILES string of the molecule is Cc1csc(CC(CNC(=O)OC(C)(C)C)(C(=O)O)C(C)C)n1. The Balaban J connectivity index is 2.92. The number of aliphatic carboxylic acids is 1. The van der Waals surface area contributed by atoms with Crippen molar-refractivity contribution in [3.8, 4) is 0 Å². The van der Waals surface area contributed by atoms with E-state index in [1.54, 1.807) is 20.8 Å². The number of carboxylic acid groups (broad SMARTS) is 1. The second kappa shape index (κ2) is 7.29. The van der Waals surface area contributed by atoms with E-state index in [4.69, 9.17) is 4.74 Å². The molecule has 0 bridgehead atoms. The summed E-state index contributed by atoms with van der Waals surface area (Å²) >= 11 is 1.44. The summed E-state index contributed by atoms with van der Waals surface area (Å²) in [5.41, 5.74) is -0.880. The molecule has 0 saturated heterocycles. The number of carboxylic acids is 1. The van der Waals surface area contributed by atoms with Gasteiger partial charge in [0.2, 0.25) is 0 Å². The zero-order chi connectivity index (χ0) is 17.8. The topological polar surface area (TPSA) is 88.5 Å². The number of nitrogens with one attached hydrogen (secondary N) is 1. The number of alkyl carbamates (subject to hydrolysis) is 1. The van der Waals surface area contributed by atoms with Gasteiger partial charge in [-0.25, -0.2) is 9.78 Å². The summed E-state index contributed by atoms with van der Waals surface area (Å²) in [5.74, 6) is -1.13. The Morgan fingerprint density at radius 1 is 1.39 bits per heavy atom. The van der Waals surface area contributed by atoms with Crippen molar-refractivity contribution in [3.63, 3.8) is 0 Å². The Labute approximate surface area is 141 Å². The van der Waals surface area contributed by atoms with E-state index in [1.807, 2.05) is 26.2 Å². The van der Waals surface area contributed by atoms with Crippen LogP contribution in [0.15, 0.2) is 5.38 Å². The molecule has 0 spiro atoms. The van der Waals surface area contributed by atoms with Crippen molar-refractivity contribution >= 4 is 23.4 Å². The van der Waals surface area contributed by atoms with E-state index >= 15 is 0 Å². The number of carbonyl (C=O) groups is 2. The molecule has 0 saturated carbocycles. The lowest BCUT2D eigenvalue weighted by Crippen LogP contribution is -2.49. The average molecular weight is 342 g/mol. The van der Waals surface area contributed by atoms with Crippen molar-refractivity contribution in [2.24, 2.45) is 11.3 Å². The van der Waals surface area contributed by atoms with Gasteiger partial charge >= 0.3 is 12.1 Å². The van der Waals surface area contributed by atoms with Crippen LogP contribution in [0.25, 0.3) is 0 Å². The summed E-state index contributed by atoms with van der Waals surface area (Å²) in [5, 5.41) is 15.0. The van der Waals surface area contributed by atoms with Gasteiger partial charge in [0.25, 0.3) is 0 Å². The van der Waals surface area contributed by atoms with Gasteiger partial charge in [-0.2, -0.15) is 0 Å². The van der Waals surface area contributed by atoms with Gasteiger partial charge in [0.05, 0.1) is 10.4 Å². The number of amides is 1. The lowest BCUT2D eigenvalue weighted by molar-refractivity contribution is -0.151. The van der Waals surface area contributed by atoms with Gasteiger partial charge in [0.1, 0.15) is 5.60 Å². The zero-order valence-corrected chi connectivity index (χ0v) is 15.4. The number of rotatable bonds is 6. The molecular weight excluding hydrogens is 316 g/mol. The molecular formula is C16H26N2O4S. The Morgan fingerprint density at radius 2 is 2.00 bits per heavy atom. The largest absolute Gasteiger partial charge is 0.481 e. The molecule has 0 radical (unpaired) electrons. The molecule has 1 rings (SSSR count). The van der Waals surface area contributed by atoms with Crippen LogP contribution in [0, 0.1) is 18.3 Å². The predicted molar refractivity (Wildman–Crippen MR) is 89.7 cm³/mol. The van der Waals surface area contributed by atoms with Crippen molar-refractivity contribution in [2.45, 2.75) is 53.6 Å². The first-order chi connectivity index (χ1) is 10.5. The van der Waals surface area contributed by atoms with Gasteiger partial charge in [-0.05, 0) is 33.6 Å². The highest BCUT2D eigenvalue weighted by molar-refractivity contribution is 7.09. The standard InChI is InChI=1S/C16H26N2O4S/c1-10(2)16(13(19)20,7-12-18-11(3)8-23-12)9-17-14(21)22-15(4,5)6/h8,10H,7,9H2,1-6H3,(H,17,21)(H,19,20). The molecule has 0 aromatic carbocycles. The van der Waals surface area contributed by atoms with E-state index in [-0.39, 0.29) is 18.9 Å². The van der Waals surface area contributed by atoms with Crippen LogP contribution in [0.4, 0.5) is 4.79 Å². The minimum atomic E-state index is -1.12. The number of hydrogen-bond donors (Lipinski definition) is 2. The quantitative estimate of drug-likeness (QED) is 0.828. The van der Waals surface area contributed by atoms with Crippen LogP contribution in [0.3, 0.4) is 0 Å². The number of ether oxygens (including phenoxy) is 1. The number of hydrogen-bond acceptors (Lipinski definition) is 5. The smallest absolute Gasteiger partial charge is 0.407 e. The highest BCUT2D eigenvalue weighted by atomic mass is 32.1. The van der Waals surface area contributed by atoms with E-state index in [9.17, 15) is 14.7 Å². The molecule has 1 unspecified atom stereocenters. The van der Waals surface area contributed by atoms with Gasteiger partial charge < -0.3 is 15.2 Å². The molecule has 1 heterocycles. The Hall–Kier alpha value is -1.63. The molecule has 0 aliphatic rings. The van der Waals surface area contributed by atoms with Gasteiger partial charge in [-0.3, -0.25) is 4.79 Å². The maximum absolute atomic E-state index is 12.0. The average Bonchev–Trinajstić information content (AvgIpc) is 2.77. The highest BCUT2D eigenvalue weighted by Gasteiger charge is 2.43. The first kappa shape index (κ1) is 19.4. The third-order valence-corrected chi connectivity index (χ3v) is 4.58. The molecule has 0 aliphatic carbocycles. The van der Waals surface area contributed by atoms with Crippen LogP contribution in [-0.2, 0) is 16.0 Å². The molecule has 130 valence electrons. The van der Waals surface area contributed by atoms with Crippen LogP contribution in [0.1, 0.15) is 45.3 Å². The van der Waals surface area contributed by atoms with Crippen LogP contribution in [0.2, 0.25) is 0 Å². The van der Waals surface area contributed by atoms with E-state index in [1.165, 1.54) is 11.3 Å². The highest BCUT2D eigenvalue weighted by Crippen LogP contribution is 2.33. The summed E-state index contributed by atoms with van der Waals surface area (Å²) < 4.78 is 5.19. The van der Waals surface area contributed by atoms with Crippen molar-refractivity contribution in [1.29, 1.82) is 0 Å². The molecule has 2 N–H and O–H groups in total. The molecule has 1 atom stereocenters. The fraction of sp³-hybridized carbons (Fsp3) is 0.688. The number of nitrogens with zero attached hydrogens (tertiary/aromatic N) is 1. The van der Waals surface area contributed by atoms with Crippen molar-refractivity contribution in [2.75, 3.05) is 6.54 Å². The third kappa shape index (κ3) is 5.49. The zero-order valence-electron chi connectivity index (χ0n) is 14.6. The first-order valence-electron chi connectivity index (χ1n) is 7.57. The fourth-order valence-electron chi connectivity index (χ4n) is 2.17. The molecule has 1 aromatic heterocycles. The Bertz CT molecular complexity index is 563. The maximum atomic E-state index is 12.0. The van der Waals surface area contributed by atoms with Crippen molar-refractivity contribution in [1.82, 2.24) is 10.3 Å². The number of thiazole rings is 1. The Kier molecular flexibility index (Phi) is 6.16. The minimum Gasteiger partial charge on any atom is -0.481 e. The molecule has 6 nitrogen and oxygen atoms in total. The fourth-order valence-corrected chi connectivity index (χ4v) is 3.06. The van der Waals surface area contributed by atoms with Gasteiger partial charge in [0, 0.05) is 24.0 Å². The number of aromatic nitrogens is 1. The van der Waals surface area contributed by atoms with Crippen LogP contribution >= 0.6 is 11.3 Å². The van der Waals surface area contributed by atoms with Crippen LogP contribution < -0.4 is 5.32 Å². The van der Waals surface area contributed by atoms with E-state index in [2.05, 4.69) is 10.3 Å². The van der Waals surface area contributed by atoms with Gasteiger partial charge in [-0.15, -0.1) is 11.3 Å². The number of carbonyl (C=O) groups excluding carboxylic acids is 1. The van der Waals surface area contributed by atoms with E-state index in [0.717, 1.165) is 10.7 Å². The van der Waals surface area contributed by atoms with Crippen molar-refractivity contribution in [3.05, 3.63) is 16.1 Å². The lowest BCUT2D eigenvalue weighted by Gasteiger charge is -2.33. The number of aryl methyl sites for hydroxylation is 1. The molecule has 23 heavy (non-hydrogen) atoms. The summed E-state index contributed by atoms with van der Waals surface area (Å²) in [6.45, 7) is 10.8. The monoisotopic (exact) mass is 342 g/mol. The van der Waals surface area contributed by atoms with E-state index < -0.39 is 23.1 Å². The Morgan fingerprint density at radius 3 is 2.39 bits per heavy atom. The molecule has 0 aliphatic heterocycles. The van der Waals surface area contributed by atoms with E-state index in [0.29, 0.717) is 0 Å². The second-order valence-electron chi connectivity index (χ2n) is 7.03. The second-order valence-corrected chi connectivity index (χ2v) is 7.97. The molecule has 1 aromatic rings. The molecule has 0 fully saturated rings. The van der Waals surface area contributed by atoms with Crippen LogP contribution in [0.5, 0.6) is 0 Å². The molecule has 1 amide bonds. The lowest BCUT2D eigenvalue weighted by atomic mass is 9.74. The van der Waals surface area contributed by atoms with Gasteiger partial charge in [0.15, 0.2) is 0 Å². The summed E-state index contributed by atoms with van der Waals surface area (Å²) in [4.78, 5) is 28.2. The maximum Gasteiger partial charge on any atom is 0.407 e.